The van der Waals surface area contributed by atoms with Crippen LogP contribution in [-0.2, 0) is 14.8 Å². The van der Waals surface area contributed by atoms with Gasteiger partial charge < -0.3 is 9.64 Å². The summed E-state index contributed by atoms with van der Waals surface area (Å²) in [6.07, 6.45) is 0. The van der Waals surface area contributed by atoms with Crippen molar-refractivity contribution in [1.29, 1.82) is 0 Å². The highest BCUT2D eigenvalue weighted by Crippen LogP contribution is 2.30. The Balaban J connectivity index is 1.89. The molecular weight excluding hydrogens is 360 g/mol. The number of ether oxygens (including phenoxy) is 1. The third-order valence-electron chi connectivity index (χ3n) is 4.36. The van der Waals surface area contributed by atoms with Crippen LogP contribution in [0.1, 0.15) is 11.1 Å². The van der Waals surface area contributed by atoms with Gasteiger partial charge in [0.25, 0.3) is 10.0 Å². The van der Waals surface area contributed by atoms with Crippen LogP contribution in [0.3, 0.4) is 0 Å². The molecule has 0 aromatic heterocycles. The number of morpholine rings is 1. The van der Waals surface area contributed by atoms with E-state index in [2.05, 4.69) is 9.62 Å². The highest BCUT2D eigenvalue weighted by Gasteiger charge is 2.18. The van der Waals surface area contributed by atoms with E-state index in [4.69, 9.17) is 16.3 Å². The van der Waals surface area contributed by atoms with Gasteiger partial charge in [0.05, 0.1) is 28.8 Å². The molecule has 0 unspecified atom stereocenters. The topological polar surface area (TPSA) is 58.6 Å². The molecule has 3 rings (SSSR count). The number of benzene rings is 2. The SMILES string of the molecule is Cc1ccc(S(=O)(=O)Nc2cc(N3CCOCC3)ccc2Cl)cc1C. The molecule has 0 atom stereocenters. The predicted molar refractivity (Wildman–Crippen MR) is 101 cm³/mol. The minimum absolute atomic E-state index is 0.225. The highest BCUT2D eigenvalue weighted by molar-refractivity contribution is 7.92. The van der Waals surface area contributed by atoms with Crippen LogP contribution in [0.15, 0.2) is 41.3 Å². The lowest BCUT2D eigenvalue weighted by Gasteiger charge is -2.29. The predicted octanol–water partition coefficient (Wildman–Crippen LogP) is 3.59. The molecule has 0 amide bonds. The molecule has 1 aliphatic heterocycles. The van der Waals surface area contributed by atoms with Crippen LogP contribution in [0.2, 0.25) is 5.02 Å². The van der Waals surface area contributed by atoms with E-state index in [1.54, 1.807) is 30.3 Å². The third-order valence-corrected chi connectivity index (χ3v) is 6.05. The maximum atomic E-state index is 12.7. The van der Waals surface area contributed by atoms with Crippen molar-refractivity contribution < 1.29 is 13.2 Å². The summed E-state index contributed by atoms with van der Waals surface area (Å²) in [6, 6.07) is 10.4. The number of sulfonamides is 1. The average Bonchev–Trinajstić information content (AvgIpc) is 2.60. The number of halogens is 1. The molecule has 25 heavy (non-hydrogen) atoms. The maximum absolute atomic E-state index is 12.7. The Kier molecular flexibility index (Phi) is 5.22. The molecule has 1 fully saturated rings. The summed E-state index contributed by atoms with van der Waals surface area (Å²) in [5.41, 5.74) is 3.27. The average molecular weight is 381 g/mol. The second kappa shape index (κ2) is 7.23. The molecule has 0 radical (unpaired) electrons. The van der Waals surface area contributed by atoms with Gasteiger partial charge in [-0.1, -0.05) is 17.7 Å². The van der Waals surface area contributed by atoms with Gasteiger partial charge in [-0.3, -0.25) is 4.72 Å². The van der Waals surface area contributed by atoms with Gasteiger partial charge in [0, 0.05) is 18.8 Å². The van der Waals surface area contributed by atoms with E-state index in [9.17, 15) is 8.42 Å². The van der Waals surface area contributed by atoms with Crippen LogP contribution in [0.4, 0.5) is 11.4 Å². The van der Waals surface area contributed by atoms with Crippen LogP contribution in [0.25, 0.3) is 0 Å². The molecule has 134 valence electrons. The molecule has 0 saturated carbocycles. The Hall–Kier alpha value is -1.76. The van der Waals surface area contributed by atoms with Gasteiger partial charge in [0.2, 0.25) is 0 Å². The van der Waals surface area contributed by atoms with E-state index in [1.807, 2.05) is 19.9 Å². The zero-order valence-corrected chi connectivity index (χ0v) is 15.8. The van der Waals surface area contributed by atoms with E-state index >= 15 is 0 Å². The first-order chi connectivity index (χ1) is 11.9. The first-order valence-corrected chi connectivity index (χ1v) is 9.95. The fraction of sp³-hybridized carbons (Fsp3) is 0.333. The second-order valence-electron chi connectivity index (χ2n) is 6.12. The Morgan fingerprint density at radius 3 is 2.44 bits per heavy atom. The third kappa shape index (κ3) is 4.08. The summed E-state index contributed by atoms with van der Waals surface area (Å²) in [7, 11) is -3.70. The molecule has 0 aliphatic carbocycles. The Morgan fingerprint density at radius 2 is 1.76 bits per heavy atom. The molecule has 7 heteroatoms. The first kappa shape index (κ1) is 18.0. The van der Waals surface area contributed by atoms with Crippen molar-refractivity contribution in [3.05, 3.63) is 52.5 Å². The van der Waals surface area contributed by atoms with Gasteiger partial charge in [-0.2, -0.15) is 0 Å². The lowest BCUT2D eigenvalue weighted by Crippen LogP contribution is -2.36. The number of nitrogens with one attached hydrogen (secondary N) is 1. The summed E-state index contributed by atoms with van der Waals surface area (Å²) < 4.78 is 33.4. The van der Waals surface area contributed by atoms with E-state index in [0.29, 0.717) is 23.9 Å². The second-order valence-corrected chi connectivity index (χ2v) is 8.20. The van der Waals surface area contributed by atoms with Gasteiger partial charge in [-0.15, -0.1) is 0 Å². The summed E-state index contributed by atoms with van der Waals surface area (Å²) in [5, 5.41) is 0.365. The van der Waals surface area contributed by atoms with Gasteiger partial charge in [-0.25, -0.2) is 8.42 Å². The first-order valence-electron chi connectivity index (χ1n) is 8.09. The molecule has 2 aromatic carbocycles. The van der Waals surface area contributed by atoms with E-state index in [1.165, 1.54) is 0 Å². The van der Waals surface area contributed by atoms with Crippen molar-refractivity contribution >= 4 is 33.0 Å². The number of anilines is 2. The van der Waals surface area contributed by atoms with Gasteiger partial charge in [0.1, 0.15) is 0 Å². The van der Waals surface area contributed by atoms with Crippen molar-refractivity contribution in [2.24, 2.45) is 0 Å². The Bertz CT molecular complexity index is 878. The molecule has 1 heterocycles. The molecule has 0 bridgehead atoms. The number of aryl methyl sites for hydroxylation is 2. The Labute approximate surface area is 153 Å². The summed E-state index contributed by atoms with van der Waals surface area (Å²) in [5.74, 6) is 0. The monoisotopic (exact) mass is 380 g/mol. The lowest BCUT2D eigenvalue weighted by atomic mass is 10.1. The van der Waals surface area contributed by atoms with Crippen LogP contribution in [0, 0.1) is 13.8 Å². The molecular formula is C18H21ClN2O3S. The minimum Gasteiger partial charge on any atom is -0.378 e. The van der Waals surface area contributed by atoms with Gasteiger partial charge in [-0.05, 0) is 55.3 Å². The fourth-order valence-electron chi connectivity index (χ4n) is 2.69. The summed E-state index contributed by atoms with van der Waals surface area (Å²) in [6.45, 7) is 6.69. The van der Waals surface area contributed by atoms with E-state index in [-0.39, 0.29) is 4.90 Å². The number of nitrogens with zero attached hydrogens (tertiary/aromatic N) is 1. The van der Waals surface area contributed by atoms with Crippen molar-refractivity contribution in [1.82, 2.24) is 0 Å². The summed E-state index contributed by atoms with van der Waals surface area (Å²) >= 11 is 6.22. The van der Waals surface area contributed by atoms with Crippen LogP contribution in [-0.4, -0.2) is 34.7 Å². The molecule has 0 spiro atoms. The number of hydrogen-bond acceptors (Lipinski definition) is 4. The molecule has 1 N–H and O–H groups in total. The van der Waals surface area contributed by atoms with Crippen LogP contribution in [0.5, 0.6) is 0 Å². The van der Waals surface area contributed by atoms with Crippen molar-refractivity contribution in [3.8, 4) is 0 Å². The van der Waals surface area contributed by atoms with Crippen molar-refractivity contribution in [2.75, 3.05) is 35.9 Å². The van der Waals surface area contributed by atoms with Gasteiger partial charge in [0.15, 0.2) is 0 Å². The van der Waals surface area contributed by atoms with E-state index in [0.717, 1.165) is 29.9 Å². The van der Waals surface area contributed by atoms with Crippen molar-refractivity contribution in [2.45, 2.75) is 18.7 Å². The standard InChI is InChI=1S/C18H21ClN2O3S/c1-13-3-5-16(11-14(13)2)25(22,23)20-18-12-15(4-6-17(18)19)21-7-9-24-10-8-21/h3-6,11-12,20H,7-10H2,1-2H3. The molecule has 1 aliphatic rings. The maximum Gasteiger partial charge on any atom is 0.261 e. The number of hydrogen-bond donors (Lipinski definition) is 1. The molecule has 1 saturated heterocycles. The number of rotatable bonds is 4. The highest BCUT2D eigenvalue weighted by atomic mass is 35.5. The molecule has 2 aromatic rings. The minimum atomic E-state index is -3.70. The van der Waals surface area contributed by atoms with Crippen molar-refractivity contribution in [3.63, 3.8) is 0 Å². The Morgan fingerprint density at radius 1 is 1.04 bits per heavy atom. The van der Waals surface area contributed by atoms with Crippen LogP contribution >= 0.6 is 11.6 Å². The zero-order valence-electron chi connectivity index (χ0n) is 14.3. The normalized spacial score (nSPS) is 15.2. The lowest BCUT2D eigenvalue weighted by molar-refractivity contribution is 0.122. The summed E-state index contributed by atoms with van der Waals surface area (Å²) in [4.78, 5) is 2.37. The fourth-order valence-corrected chi connectivity index (χ4v) is 4.07. The largest absolute Gasteiger partial charge is 0.378 e. The van der Waals surface area contributed by atoms with E-state index < -0.39 is 10.0 Å². The quantitative estimate of drug-likeness (QED) is 0.880. The molecule has 5 nitrogen and oxygen atoms in total. The smallest absolute Gasteiger partial charge is 0.261 e. The van der Waals surface area contributed by atoms with Gasteiger partial charge >= 0.3 is 0 Å². The van der Waals surface area contributed by atoms with Crippen LogP contribution < -0.4 is 9.62 Å². The zero-order chi connectivity index (χ0) is 18.0.